The molecule has 0 aromatic heterocycles. The first-order valence-corrected chi connectivity index (χ1v) is 11.3. The number of nitrogens with zero attached hydrogens (tertiary/aromatic N) is 1. The third-order valence-electron chi connectivity index (χ3n) is 6.39. The van der Waals surface area contributed by atoms with Crippen LogP contribution in [-0.4, -0.2) is 13.0 Å². The highest BCUT2D eigenvalue weighted by Crippen LogP contribution is 2.45. The zero-order valence-corrected chi connectivity index (χ0v) is 18.8. The smallest absolute Gasteiger partial charge is 0.258 e. The van der Waals surface area contributed by atoms with Crippen molar-refractivity contribution in [2.45, 2.75) is 13.2 Å². The maximum absolute atomic E-state index is 12.9. The summed E-state index contributed by atoms with van der Waals surface area (Å²) in [6.07, 6.45) is 0. The summed E-state index contributed by atoms with van der Waals surface area (Å²) in [5, 5.41) is 3.96. The Morgan fingerprint density at radius 1 is 0.706 bits per heavy atom. The van der Waals surface area contributed by atoms with Gasteiger partial charge in [0, 0.05) is 17.8 Å². The molecule has 6 rings (SSSR count). The Kier molecular flexibility index (Phi) is 4.92. The highest BCUT2D eigenvalue weighted by Gasteiger charge is 2.29. The van der Waals surface area contributed by atoms with Crippen LogP contribution in [0.1, 0.15) is 21.5 Å². The molecule has 34 heavy (non-hydrogen) atoms. The van der Waals surface area contributed by atoms with Crippen LogP contribution < -0.4 is 14.4 Å². The van der Waals surface area contributed by atoms with Crippen LogP contribution in [-0.2, 0) is 13.2 Å². The number of anilines is 1. The van der Waals surface area contributed by atoms with E-state index in [4.69, 9.17) is 9.47 Å². The van der Waals surface area contributed by atoms with Crippen molar-refractivity contribution in [2.75, 3.05) is 11.9 Å². The molecule has 4 nitrogen and oxygen atoms in total. The fourth-order valence-corrected chi connectivity index (χ4v) is 4.64. The van der Waals surface area contributed by atoms with Gasteiger partial charge in [-0.15, -0.1) is 0 Å². The van der Waals surface area contributed by atoms with Crippen molar-refractivity contribution in [1.82, 2.24) is 0 Å². The minimum Gasteiger partial charge on any atom is -0.489 e. The minimum absolute atomic E-state index is 0.00506. The third-order valence-corrected chi connectivity index (χ3v) is 6.39. The normalized spacial score (nSPS) is 12.5. The summed E-state index contributed by atoms with van der Waals surface area (Å²) in [7, 11) is 1.82. The molecule has 0 N–H and O–H groups in total. The van der Waals surface area contributed by atoms with Crippen molar-refractivity contribution >= 4 is 33.1 Å². The molecule has 5 aromatic carbocycles. The van der Waals surface area contributed by atoms with Crippen molar-refractivity contribution in [3.63, 3.8) is 0 Å². The van der Waals surface area contributed by atoms with Gasteiger partial charge in [0.15, 0.2) is 0 Å². The standard InChI is InChI=1S/C30H23NO3/c1-31-26-17-22-16-23(33-18-20-8-4-2-5-9-20)12-13-24(22)29-27(15-14-25(28(26)29)30(31)32)34-19-21-10-6-3-7-11-21/h2-17H,18-19H2,1H3. The van der Waals surface area contributed by atoms with Gasteiger partial charge in [0.05, 0.1) is 11.3 Å². The summed E-state index contributed by atoms with van der Waals surface area (Å²) in [6.45, 7) is 0.962. The zero-order valence-electron chi connectivity index (χ0n) is 18.8. The van der Waals surface area contributed by atoms with Crippen molar-refractivity contribution in [3.8, 4) is 11.5 Å². The number of fused-ring (bicyclic) bond motifs is 2. The van der Waals surface area contributed by atoms with Crippen LogP contribution in [0.5, 0.6) is 11.5 Å². The van der Waals surface area contributed by atoms with E-state index < -0.39 is 0 Å². The van der Waals surface area contributed by atoms with Gasteiger partial charge in [-0.1, -0.05) is 60.7 Å². The van der Waals surface area contributed by atoms with E-state index in [2.05, 4.69) is 12.1 Å². The topological polar surface area (TPSA) is 38.8 Å². The van der Waals surface area contributed by atoms with Crippen LogP contribution in [0.15, 0.2) is 97.1 Å². The number of carbonyl (C=O) groups is 1. The number of amides is 1. The van der Waals surface area contributed by atoms with Crippen LogP contribution in [0.25, 0.3) is 21.5 Å². The summed E-state index contributed by atoms with van der Waals surface area (Å²) in [6, 6.07) is 32.2. The van der Waals surface area contributed by atoms with E-state index in [1.165, 1.54) is 0 Å². The summed E-state index contributed by atoms with van der Waals surface area (Å²) >= 11 is 0. The maximum Gasteiger partial charge on any atom is 0.258 e. The second-order valence-electron chi connectivity index (χ2n) is 8.55. The molecule has 0 unspecified atom stereocenters. The van der Waals surface area contributed by atoms with Crippen LogP contribution in [0.2, 0.25) is 0 Å². The van der Waals surface area contributed by atoms with E-state index in [1.807, 2.05) is 92.0 Å². The van der Waals surface area contributed by atoms with E-state index in [1.54, 1.807) is 4.90 Å². The number of benzene rings is 5. The average molecular weight is 446 g/mol. The molecule has 4 heteroatoms. The first-order valence-electron chi connectivity index (χ1n) is 11.3. The summed E-state index contributed by atoms with van der Waals surface area (Å²) < 4.78 is 12.4. The lowest BCUT2D eigenvalue weighted by atomic mass is 9.97. The molecule has 1 amide bonds. The molecule has 166 valence electrons. The summed E-state index contributed by atoms with van der Waals surface area (Å²) in [5.74, 6) is 1.57. The average Bonchev–Trinajstić information content (AvgIpc) is 3.13. The molecule has 0 bridgehead atoms. The Hall–Kier alpha value is -4.31. The van der Waals surface area contributed by atoms with Gasteiger partial charge in [0.25, 0.3) is 5.91 Å². The van der Waals surface area contributed by atoms with Gasteiger partial charge in [0.1, 0.15) is 24.7 Å². The predicted molar refractivity (Wildman–Crippen MR) is 136 cm³/mol. The van der Waals surface area contributed by atoms with Crippen LogP contribution in [0, 0.1) is 0 Å². The molecule has 0 saturated heterocycles. The first-order chi connectivity index (χ1) is 16.7. The summed E-state index contributed by atoms with van der Waals surface area (Å²) in [4.78, 5) is 14.7. The van der Waals surface area contributed by atoms with E-state index >= 15 is 0 Å². The third kappa shape index (κ3) is 3.44. The van der Waals surface area contributed by atoms with Crippen LogP contribution in [0.3, 0.4) is 0 Å². The lowest BCUT2D eigenvalue weighted by Gasteiger charge is -2.15. The number of hydrogen-bond donors (Lipinski definition) is 0. The van der Waals surface area contributed by atoms with E-state index in [0.717, 1.165) is 49.9 Å². The molecule has 1 aliphatic heterocycles. The molecule has 5 aromatic rings. The van der Waals surface area contributed by atoms with Gasteiger partial charge in [-0.3, -0.25) is 4.79 Å². The predicted octanol–water partition coefficient (Wildman–Crippen LogP) is 6.74. The SMILES string of the molecule is CN1C(=O)c2ccc(OCc3ccccc3)c3c2c1cc1cc(OCc2ccccc2)ccc13. The van der Waals surface area contributed by atoms with Crippen molar-refractivity contribution in [3.05, 3.63) is 114 Å². The Morgan fingerprint density at radius 2 is 1.38 bits per heavy atom. The monoisotopic (exact) mass is 445 g/mol. The fraction of sp³-hybridized carbons (Fsp3) is 0.100. The second-order valence-corrected chi connectivity index (χ2v) is 8.55. The largest absolute Gasteiger partial charge is 0.489 e. The fourth-order valence-electron chi connectivity index (χ4n) is 4.64. The van der Waals surface area contributed by atoms with E-state index in [9.17, 15) is 4.79 Å². The summed E-state index contributed by atoms with van der Waals surface area (Å²) in [5.41, 5.74) is 3.82. The molecular weight excluding hydrogens is 422 g/mol. The van der Waals surface area contributed by atoms with E-state index in [0.29, 0.717) is 18.8 Å². The highest BCUT2D eigenvalue weighted by molar-refractivity contribution is 6.30. The van der Waals surface area contributed by atoms with Crippen LogP contribution in [0.4, 0.5) is 5.69 Å². The molecule has 0 saturated carbocycles. The van der Waals surface area contributed by atoms with Gasteiger partial charge in [-0.05, 0) is 58.3 Å². The van der Waals surface area contributed by atoms with E-state index in [-0.39, 0.29) is 5.91 Å². The van der Waals surface area contributed by atoms with Crippen molar-refractivity contribution < 1.29 is 14.3 Å². The Bertz CT molecular complexity index is 1530. The molecular formula is C30H23NO3. The molecule has 0 fully saturated rings. The quantitative estimate of drug-likeness (QED) is 0.272. The molecule has 1 heterocycles. The Balaban J connectivity index is 1.44. The maximum atomic E-state index is 12.9. The lowest BCUT2D eigenvalue weighted by molar-refractivity contribution is 0.0999. The molecule has 0 aliphatic carbocycles. The number of hydrogen-bond acceptors (Lipinski definition) is 3. The Morgan fingerprint density at radius 3 is 2.09 bits per heavy atom. The van der Waals surface area contributed by atoms with Crippen molar-refractivity contribution in [1.29, 1.82) is 0 Å². The molecule has 0 spiro atoms. The Labute approximate surface area is 198 Å². The number of carbonyl (C=O) groups excluding carboxylic acids is 1. The van der Waals surface area contributed by atoms with Crippen LogP contribution >= 0.6 is 0 Å². The molecule has 1 aliphatic rings. The van der Waals surface area contributed by atoms with Gasteiger partial charge in [-0.25, -0.2) is 0 Å². The molecule has 0 atom stereocenters. The van der Waals surface area contributed by atoms with Gasteiger partial charge >= 0.3 is 0 Å². The minimum atomic E-state index is 0.00506. The van der Waals surface area contributed by atoms with Gasteiger partial charge in [-0.2, -0.15) is 0 Å². The van der Waals surface area contributed by atoms with Gasteiger partial charge < -0.3 is 14.4 Å². The zero-order chi connectivity index (χ0) is 23.1. The first kappa shape index (κ1) is 20.3. The second kappa shape index (κ2) is 8.23. The number of rotatable bonds is 6. The number of ether oxygens (including phenoxy) is 2. The van der Waals surface area contributed by atoms with Gasteiger partial charge in [0.2, 0.25) is 0 Å². The highest BCUT2D eigenvalue weighted by atomic mass is 16.5. The molecule has 0 radical (unpaired) electrons. The lowest BCUT2D eigenvalue weighted by Crippen LogP contribution is -2.20. The van der Waals surface area contributed by atoms with Crippen molar-refractivity contribution in [2.24, 2.45) is 0 Å².